The molecule has 0 bridgehead atoms. The lowest BCUT2D eigenvalue weighted by Crippen LogP contribution is -2.56. The third-order valence-corrected chi connectivity index (χ3v) is 38.8. The fourth-order valence-corrected chi connectivity index (χ4v) is 33.7. The number of hydrogen-bond acceptors (Lipinski definition) is 24. The van der Waals surface area contributed by atoms with Crippen LogP contribution in [-0.2, 0) is 95.7 Å². The normalized spacial score (nSPS) is 22.8. The second-order valence-corrected chi connectivity index (χ2v) is 41.6. The Kier molecular flexibility index (Phi) is 26.2. The van der Waals surface area contributed by atoms with Gasteiger partial charge in [-0.3, -0.25) is 83.9 Å². The number of carboxylic acids is 3. The van der Waals surface area contributed by atoms with E-state index in [2.05, 4.69) is 12.9 Å². The fourth-order valence-electron chi connectivity index (χ4n) is 7.60. The van der Waals surface area contributed by atoms with Gasteiger partial charge in [-0.1, -0.05) is 0 Å². The Bertz CT molecular complexity index is 2500. The number of carboxylic acid groups (broad SMARTS) is 3. The lowest BCUT2D eigenvalue weighted by molar-refractivity contribution is -0.140. The van der Waals surface area contributed by atoms with Gasteiger partial charge in [0.25, 0.3) is 0 Å². The van der Waals surface area contributed by atoms with E-state index in [0.717, 1.165) is 20.8 Å². The quantitative estimate of drug-likeness (QED) is 0.0398. The molecule has 9 unspecified atom stereocenters. The van der Waals surface area contributed by atoms with Crippen molar-refractivity contribution in [3.8, 4) is 0 Å². The zero-order chi connectivity index (χ0) is 61.8. The summed E-state index contributed by atoms with van der Waals surface area (Å²) in [5.74, 6) is -15.2. The van der Waals surface area contributed by atoms with Gasteiger partial charge in [0, 0.05) is 39.3 Å². The van der Waals surface area contributed by atoms with Crippen molar-refractivity contribution in [2.45, 2.75) is 55.1 Å². The maximum atomic E-state index is 15.2. The summed E-state index contributed by atoms with van der Waals surface area (Å²) in [6, 6.07) is 0. The average Bonchev–Trinajstić information content (AvgIpc) is 3.23. The largest absolute Gasteiger partial charge is 0.481 e. The molecular weight excluding hydrogens is 1330 g/mol. The second kappa shape index (κ2) is 26.9. The van der Waals surface area contributed by atoms with Crippen LogP contribution in [0.4, 0.5) is 0 Å². The van der Waals surface area contributed by atoms with E-state index in [1.165, 1.54) is 0 Å². The van der Waals surface area contributed by atoms with Crippen LogP contribution in [0.25, 0.3) is 0 Å². The third kappa shape index (κ3) is 19.1. The zero-order valence-corrected chi connectivity index (χ0v) is 50.7. The molecule has 0 aromatic rings. The highest BCUT2D eigenvalue weighted by Gasteiger charge is 2.74. The van der Waals surface area contributed by atoms with E-state index in [0.29, 0.717) is 0 Å². The maximum Gasteiger partial charge on any atom is 0.370 e. The van der Waals surface area contributed by atoms with E-state index in [-0.39, 0.29) is 14.7 Å². The monoisotopic (exact) mass is 1380 g/mol. The molecule has 0 aliphatic carbocycles. The molecule has 0 spiro atoms. The smallest absolute Gasteiger partial charge is 0.370 e. The van der Waals surface area contributed by atoms with Gasteiger partial charge >= 0.3 is 109 Å². The van der Waals surface area contributed by atoms with E-state index in [1.54, 1.807) is 0 Å². The van der Waals surface area contributed by atoms with Crippen LogP contribution in [-0.4, -0.2) is 213 Å². The molecule has 78 heavy (non-hydrogen) atoms. The number of aliphatic carboxylic acids is 3. The number of hydrogen-bond donors (Lipinski definition) is 18. The standard InChI is InChI=1S/C24H57N3O39P12/c1-4-61-76(58,64-70(43,44)16-67(34,35)36)22(13-19(28)29,73(49,50)51)25-7-9-26(23(14-20(30)31,74(52,53)54)77(59,62-5-2)65-71(45,46)17-68(37,38)39)11-12-27(10-8-25)24(15-21(32)33,75(55,56)57)78(60,63-6-3)66-72(47,48)18-69(40,41)42/h4-18H2,1-3H3,(H,28,29)(H,30,31)(H,32,33)(H,43,44)(H,45,46)(H,47,48)(H2,34,35,36)(H2,37,38,39)(H2,40,41,42)(H2,49,50,51)(H2,52,53,54)(H2,55,56,57). The molecule has 1 rings (SSSR count). The summed E-state index contributed by atoms with van der Waals surface area (Å²) in [6.07, 6.45) is -7.68. The topological polar surface area (TPSA) is 685 Å². The number of nitrogens with zero attached hydrogens (tertiary/aromatic N) is 3. The van der Waals surface area contributed by atoms with Crippen molar-refractivity contribution >= 4 is 109 Å². The molecular formula is C24H57N3O39P12. The van der Waals surface area contributed by atoms with Crippen LogP contribution < -0.4 is 0 Å². The predicted octanol–water partition coefficient (Wildman–Crippen LogP) is 0.525. The summed E-state index contributed by atoms with van der Waals surface area (Å²) in [5, 5.41) is 16.7. The third-order valence-electron chi connectivity index (χ3n) is 10.0. The van der Waals surface area contributed by atoms with Crippen molar-refractivity contribution in [1.29, 1.82) is 0 Å². The molecule has 54 heteroatoms. The summed E-state index contributed by atoms with van der Waals surface area (Å²) in [6.45, 7) is -13.4. The van der Waals surface area contributed by atoms with E-state index < -0.39 is 220 Å². The first-order chi connectivity index (χ1) is 34.5. The van der Waals surface area contributed by atoms with Crippen LogP contribution in [0.15, 0.2) is 0 Å². The lowest BCUT2D eigenvalue weighted by atomic mass is 10.3. The van der Waals surface area contributed by atoms with Crippen LogP contribution in [0.5, 0.6) is 0 Å². The van der Waals surface area contributed by atoms with Crippen molar-refractivity contribution in [2.24, 2.45) is 0 Å². The predicted molar refractivity (Wildman–Crippen MR) is 257 cm³/mol. The minimum absolute atomic E-state index is 0.341. The molecule has 0 radical (unpaired) electrons. The van der Waals surface area contributed by atoms with Crippen molar-refractivity contribution in [2.75, 3.05) is 76.8 Å². The van der Waals surface area contributed by atoms with Gasteiger partial charge in [-0.05, 0) is 20.8 Å². The highest BCUT2D eigenvalue weighted by atomic mass is 31.3. The van der Waals surface area contributed by atoms with Crippen molar-refractivity contribution in [3.63, 3.8) is 0 Å². The summed E-state index contributed by atoms with van der Waals surface area (Å²) in [7, 11) is -79.7. The van der Waals surface area contributed by atoms with Gasteiger partial charge in [0.2, 0.25) is 15.1 Å². The van der Waals surface area contributed by atoms with Gasteiger partial charge in [0.1, 0.15) is 0 Å². The van der Waals surface area contributed by atoms with Crippen molar-refractivity contribution in [3.05, 3.63) is 0 Å². The molecule has 18 N–H and O–H groups in total. The Labute approximate surface area is 438 Å². The Morgan fingerprint density at radius 3 is 0.641 bits per heavy atom. The van der Waals surface area contributed by atoms with Gasteiger partial charge in [0.15, 0.2) is 17.7 Å². The Hall–Kier alpha value is 0.210. The van der Waals surface area contributed by atoms with Gasteiger partial charge in [-0.25, -0.2) is 12.9 Å². The highest BCUT2D eigenvalue weighted by Crippen LogP contribution is 2.85. The molecule has 0 aromatic carbocycles. The first kappa shape index (κ1) is 76.2. The Balaban J connectivity index is 5.35. The van der Waals surface area contributed by atoms with E-state index >= 15 is 13.7 Å². The molecule has 1 aliphatic rings. The molecule has 1 fully saturated rings. The molecule has 1 aliphatic heterocycles. The van der Waals surface area contributed by atoms with Crippen LogP contribution >= 0.6 is 91.1 Å². The lowest BCUT2D eigenvalue weighted by Gasteiger charge is -2.48. The van der Waals surface area contributed by atoms with Crippen molar-refractivity contribution in [1.82, 2.24) is 14.7 Å². The first-order valence-corrected chi connectivity index (χ1v) is 40.7. The number of rotatable bonds is 33. The minimum Gasteiger partial charge on any atom is -0.481 e. The van der Waals surface area contributed by atoms with Gasteiger partial charge in [-0.2, -0.15) is 0 Å². The summed E-state index contributed by atoms with van der Waals surface area (Å²) in [4.78, 5) is 194. The van der Waals surface area contributed by atoms with Crippen LogP contribution in [0.3, 0.4) is 0 Å². The average molecular weight is 1380 g/mol. The Morgan fingerprint density at radius 1 is 0.359 bits per heavy atom. The Morgan fingerprint density at radius 2 is 0.526 bits per heavy atom. The second-order valence-electron chi connectivity index (χ2n) is 15.9. The summed E-state index contributed by atoms with van der Waals surface area (Å²) in [5.41, 5.74) is 0. The van der Waals surface area contributed by atoms with E-state index in [9.17, 15) is 144 Å². The van der Waals surface area contributed by atoms with Gasteiger partial charge in [0.05, 0.1) is 39.1 Å². The first-order valence-electron chi connectivity index (χ1n) is 20.5. The molecule has 0 aromatic heterocycles. The minimum atomic E-state index is -7.20. The van der Waals surface area contributed by atoms with Crippen LogP contribution in [0.2, 0.25) is 0 Å². The molecule has 1 heterocycles. The molecule has 1 saturated heterocycles. The maximum absolute atomic E-state index is 15.2. The molecule has 0 saturated carbocycles. The molecule has 9 atom stereocenters. The zero-order valence-electron chi connectivity index (χ0n) is 39.9. The molecule has 0 amide bonds. The van der Waals surface area contributed by atoms with Crippen LogP contribution in [0, 0.1) is 0 Å². The molecule has 462 valence electrons. The summed E-state index contributed by atoms with van der Waals surface area (Å²) < 4.78 is 192. The van der Waals surface area contributed by atoms with Crippen LogP contribution in [0.1, 0.15) is 40.0 Å². The fraction of sp³-hybridized carbons (Fsp3) is 0.875. The van der Waals surface area contributed by atoms with E-state index in [4.69, 9.17) is 13.6 Å². The number of carbonyl (C=O) groups is 3. The van der Waals surface area contributed by atoms with Crippen molar-refractivity contribution < 1.29 is 184 Å². The van der Waals surface area contributed by atoms with Gasteiger partial charge in [-0.15, -0.1) is 0 Å². The summed E-state index contributed by atoms with van der Waals surface area (Å²) >= 11 is 0. The van der Waals surface area contributed by atoms with Gasteiger partial charge < -0.3 is 102 Å². The highest BCUT2D eigenvalue weighted by molar-refractivity contribution is 7.81. The SMILES string of the molecule is CCOP(=O)(OP(=O)(O)CP(=O)(O)O)C(CC(=O)O)(N1CCN(C(CC(=O)O)(P(=O)(O)O)P(=O)(OCC)OP(=O)(O)CP(=O)(O)O)CCN(C(CC(=O)O)(P(=O)(O)O)P(=O)(OCC)OP(=O)(O)CP(=O)(O)O)CC1)P(=O)(O)O. The molecule has 42 nitrogen and oxygen atoms in total. The van der Waals surface area contributed by atoms with E-state index in [1.807, 2.05) is 0 Å².